The van der Waals surface area contributed by atoms with Crippen molar-refractivity contribution in [2.24, 2.45) is 0 Å². The van der Waals surface area contributed by atoms with E-state index in [0.717, 1.165) is 35.3 Å². The highest BCUT2D eigenvalue weighted by Crippen LogP contribution is 2.25. The van der Waals surface area contributed by atoms with Gasteiger partial charge in [-0.25, -0.2) is 9.97 Å². The molecule has 19 heavy (non-hydrogen) atoms. The lowest BCUT2D eigenvalue weighted by Crippen LogP contribution is -1.97. The molecule has 2 N–H and O–H groups in total. The van der Waals surface area contributed by atoms with Crippen LogP contribution in [0.1, 0.15) is 18.2 Å². The maximum Gasteiger partial charge on any atom is 0.145 e. The van der Waals surface area contributed by atoms with E-state index in [0.29, 0.717) is 5.82 Å². The number of hydrogen-bond donors (Lipinski definition) is 1. The molecule has 3 heterocycles. The highest BCUT2D eigenvalue weighted by Gasteiger charge is 2.13. The zero-order valence-electron chi connectivity index (χ0n) is 10.7. The second-order valence-electron chi connectivity index (χ2n) is 4.40. The van der Waals surface area contributed by atoms with E-state index in [1.165, 1.54) is 6.33 Å². The maximum absolute atomic E-state index is 5.99. The summed E-state index contributed by atoms with van der Waals surface area (Å²) in [4.78, 5) is 12.8. The van der Waals surface area contributed by atoms with Crippen molar-refractivity contribution >= 4 is 16.9 Å². The normalized spacial score (nSPS) is 11.0. The minimum absolute atomic E-state index is 0.531. The minimum atomic E-state index is 0.531. The van der Waals surface area contributed by atoms with Gasteiger partial charge >= 0.3 is 0 Å². The van der Waals surface area contributed by atoms with E-state index in [1.54, 1.807) is 6.20 Å². The van der Waals surface area contributed by atoms with Crippen molar-refractivity contribution in [3.8, 4) is 0 Å². The summed E-state index contributed by atoms with van der Waals surface area (Å²) < 4.78 is 2.09. The molecule has 5 heteroatoms. The van der Waals surface area contributed by atoms with Gasteiger partial charge in [0.25, 0.3) is 0 Å². The van der Waals surface area contributed by atoms with Crippen LogP contribution in [0.25, 0.3) is 11.0 Å². The van der Waals surface area contributed by atoms with Crippen LogP contribution < -0.4 is 5.73 Å². The monoisotopic (exact) mass is 253 g/mol. The number of rotatable bonds is 3. The molecule has 3 aromatic rings. The number of pyridine rings is 1. The SMILES string of the molecule is CCn1cc(Cc2ccccn2)c2c(N)ncnc21. The molecule has 0 saturated heterocycles. The lowest BCUT2D eigenvalue weighted by molar-refractivity contribution is 0.782. The molecule has 3 aromatic heterocycles. The number of nitrogens with zero attached hydrogens (tertiary/aromatic N) is 4. The van der Waals surface area contributed by atoms with E-state index < -0.39 is 0 Å². The molecular formula is C14H15N5. The van der Waals surface area contributed by atoms with E-state index >= 15 is 0 Å². The molecule has 0 amide bonds. The van der Waals surface area contributed by atoms with Crippen LogP contribution in [0.3, 0.4) is 0 Å². The van der Waals surface area contributed by atoms with E-state index in [2.05, 4.69) is 32.6 Å². The number of nitrogen functional groups attached to an aromatic ring is 1. The summed E-state index contributed by atoms with van der Waals surface area (Å²) in [6, 6.07) is 5.91. The van der Waals surface area contributed by atoms with Gasteiger partial charge in [0, 0.05) is 31.1 Å². The first-order valence-corrected chi connectivity index (χ1v) is 6.27. The molecule has 0 spiro atoms. The molecule has 5 nitrogen and oxygen atoms in total. The average molecular weight is 253 g/mol. The average Bonchev–Trinajstić information content (AvgIpc) is 2.79. The first kappa shape index (κ1) is 11.6. The quantitative estimate of drug-likeness (QED) is 0.775. The number of anilines is 1. The zero-order valence-corrected chi connectivity index (χ0v) is 10.7. The summed E-state index contributed by atoms with van der Waals surface area (Å²) in [5.41, 5.74) is 9.02. The van der Waals surface area contributed by atoms with E-state index in [4.69, 9.17) is 5.73 Å². The van der Waals surface area contributed by atoms with Crippen LogP contribution in [0.15, 0.2) is 36.9 Å². The fourth-order valence-corrected chi connectivity index (χ4v) is 2.30. The largest absolute Gasteiger partial charge is 0.383 e. The fourth-order valence-electron chi connectivity index (χ4n) is 2.30. The summed E-state index contributed by atoms with van der Waals surface area (Å²) in [5, 5.41) is 0.940. The summed E-state index contributed by atoms with van der Waals surface area (Å²) in [7, 11) is 0. The zero-order chi connectivity index (χ0) is 13.2. The Balaban J connectivity index is 2.13. The van der Waals surface area contributed by atoms with Crippen molar-refractivity contribution in [1.82, 2.24) is 19.5 Å². The van der Waals surface area contributed by atoms with Crippen LogP contribution in [-0.4, -0.2) is 19.5 Å². The standard InChI is InChI=1S/C14H15N5/c1-2-19-8-10(7-11-5-3-4-6-16-11)12-13(15)17-9-18-14(12)19/h3-6,8-9H,2,7H2,1H3,(H2,15,17,18). The highest BCUT2D eigenvalue weighted by molar-refractivity contribution is 5.90. The summed E-state index contributed by atoms with van der Waals surface area (Å²) in [6.07, 6.45) is 6.13. The van der Waals surface area contributed by atoms with Gasteiger partial charge in [0.2, 0.25) is 0 Å². The predicted octanol–water partition coefficient (Wildman–Crippen LogP) is 2.02. The molecule has 0 bridgehead atoms. The number of nitrogens with two attached hydrogens (primary N) is 1. The lowest BCUT2D eigenvalue weighted by atomic mass is 10.1. The number of aromatic nitrogens is 4. The van der Waals surface area contributed by atoms with Crippen molar-refractivity contribution < 1.29 is 0 Å². The van der Waals surface area contributed by atoms with Gasteiger partial charge in [-0.2, -0.15) is 0 Å². The fraction of sp³-hybridized carbons (Fsp3) is 0.214. The minimum Gasteiger partial charge on any atom is -0.383 e. The van der Waals surface area contributed by atoms with Gasteiger partial charge in [-0.3, -0.25) is 4.98 Å². The number of hydrogen-bond acceptors (Lipinski definition) is 4. The molecule has 0 aliphatic rings. The second-order valence-corrected chi connectivity index (χ2v) is 4.40. The van der Waals surface area contributed by atoms with Crippen LogP contribution in [0.4, 0.5) is 5.82 Å². The van der Waals surface area contributed by atoms with E-state index in [-0.39, 0.29) is 0 Å². The molecule has 0 fully saturated rings. The van der Waals surface area contributed by atoms with Crippen molar-refractivity contribution in [2.75, 3.05) is 5.73 Å². The second kappa shape index (κ2) is 4.68. The Hall–Kier alpha value is -2.43. The summed E-state index contributed by atoms with van der Waals surface area (Å²) in [6.45, 7) is 2.94. The Morgan fingerprint density at radius 1 is 1.21 bits per heavy atom. The third-order valence-corrected chi connectivity index (χ3v) is 3.20. The van der Waals surface area contributed by atoms with Crippen molar-refractivity contribution in [1.29, 1.82) is 0 Å². The molecule has 0 unspecified atom stereocenters. The van der Waals surface area contributed by atoms with Crippen LogP contribution in [0.2, 0.25) is 0 Å². The predicted molar refractivity (Wildman–Crippen MR) is 74.7 cm³/mol. The van der Waals surface area contributed by atoms with Crippen molar-refractivity contribution in [2.45, 2.75) is 19.9 Å². The summed E-state index contributed by atoms with van der Waals surface area (Å²) in [5.74, 6) is 0.531. The van der Waals surface area contributed by atoms with Gasteiger partial charge < -0.3 is 10.3 Å². The third kappa shape index (κ3) is 2.03. The topological polar surface area (TPSA) is 69.6 Å². The lowest BCUT2D eigenvalue weighted by Gasteiger charge is -2.00. The molecule has 96 valence electrons. The highest BCUT2D eigenvalue weighted by atomic mass is 15.1. The number of fused-ring (bicyclic) bond motifs is 1. The molecule has 0 aliphatic carbocycles. The van der Waals surface area contributed by atoms with Gasteiger partial charge in [0.15, 0.2) is 0 Å². The van der Waals surface area contributed by atoms with Gasteiger partial charge in [-0.1, -0.05) is 6.07 Å². The Morgan fingerprint density at radius 2 is 2.11 bits per heavy atom. The Bertz CT molecular complexity index is 702. The van der Waals surface area contributed by atoms with Gasteiger partial charge in [-0.05, 0) is 24.6 Å². The van der Waals surface area contributed by atoms with E-state index in [9.17, 15) is 0 Å². The van der Waals surface area contributed by atoms with Gasteiger partial charge in [0.05, 0.1) is 5.39 Å². The summed E-state index contributed by atoms with van der Waals surface area (Å²) >= 11 is 0. The van der Waals surface area contributed by atoms with Crippen molar-refractivity contribution in [3.05, 3.63) is 48.2 Å². The third-order valence-electron chi connectivity index (χ3n) is 3.20. The Labute approximate surface area is 111 Å². The van der Waals surface area contributed by atoms with Crippen LogP contribution in [-0.2, 0) is 13.0 Å². The first-order chi connectivity index (χ1) is 9.29. The van der Waals surface area contributed by atoms with Gasteiger partial charge in [0.1, 0.15) is 17.8 Å². The molecular weight excluding hydrogens is 238 g/mol. The Morgan fingerprint density at radius 3 is 2.84 bits per heavy atom. The van der Waals surface area contributed by atoms with Crippen LogP contribution in [0.5, 0.6) is 0 Å². The van der Waals surface area contributed by atoms with Crippen LogP contribution in [0, 0.1) is 0 Å². The van der Waals surface area contributed by atoms with Crippen molar-refractivity contribution in [3.63, 3.8) is 0 Å². The molecule has 0 atom stereocenters. The maximum atomic E-state index is 5.99. The van der Waals surface area contributed by atoms with Crippen LogP contribution >= 0.6 is 0 Å². The molecule has 0 saturated carbocycles. The Kier molecular flexibility index (Phi) is 2.87. The molecule has 0 aliphatic heterocycles. The van der Waals surface area contributed by atoms with Gasteiger partial charge in [-0.15, -0.1) is 0 Å². The smallest absolute Gasteiger partial charge is 0.145 e. The molecule has 3 rings (SSSR count). The molecule has 0 aromatic carbocycles. The van der Waals surface area contributed by atoms with E-state index in [1.807, 2.05) is 18.2 Å². The molecule has 0 radical (unpaired) electrons. The first-order valence-electron chi connectivity index (χ1n) is 6.27. The number of aryl methyl sites for hydroxylation is 1.